The molecule has 2 rings (SSSR count). The van der Waals surface area contributed by atoms with Crippen molar-refractivity contribution in [2.75, 3.05) is 33.2 Å². The van der Waals surface area contributed by atoms with Gasteiger partial charge in [0.1, 0.15) is 6.04 Å². The number of likely N-dealkylation sites (N-methyl/N-ethyl adjacent to an activating group) is 1. The molecule has 0 aliphatic rings. The lowest BCUT2D eigenvalue weighted by Crippen LogP contribution is -2.45. The maximum Gasteiger partial charge on any atom is 0.246 e. The lowest BCUT2D eigenvalue weighted by molar-refractivity contribution is -0.129. The summed E-state index contributed by atoms with van der Waals surface area (Å²) >= 11 is 0. The molecule has 1 unspecified atom stereocenters. The number of nitrogens with one attached hydrogen (secondary N) is 2. The normalized spacial score (nSPS) is 11.4. The van der Waals surface area contributed by atoms with Crippen LogP contribution in [0.2, 0.25) is 0 Å². The van der Waals surface area contributed by atoms with Crippen molar-refractivity contribution in [3.63, 3.8) is 0 Å². The summed E-state index contributed by atoms with van der Waals surface area (Å²) in [5, 5.41) is 5.44. The Bertz CT molecular complexity index is 713. The van der Waals surface area contributed by atoms with Crippen molar-refractivity contribution in [2.24, 2.45) is 5.73 Å². The van der Waals surface area contributed by atoms with Gasteiger partial charge in [0.25, 0.3) is 0 Å². The highest BCUT2D eigenvalue weighted by Crippen LogP contribution is 2.12. The van der Waals surface area contributed by atoms with Crippen LogP contribution in [-0.2, 0) is 16.0 Å². The Morgan fingerprint density at radius 1 is 1.00 bits per heavy atom. The van der Waals surface area contributed by atoms with Gasteiger partial charge in [0.15, 0.2) is 0 Å². The van der Waals surface area contributed by atoms with E-state index in [9.17, 15) is 9.59 Å². The molecule has 4 N–H and O–H groups in total. The van der Waals surface area contributed by atoms with Gasteiger partial charge in [-0.1, -0.05) is 60.7 Å². The molecule has 6 nitrogen and oxygen atoms in total. The summed E-state index contributed by atoms with van der Waals surface area (Å²) in [5.74, 6) is -0.446. The smallest absolute Gasteiger partial charge is 0.246 e. The zero-order chi connectivity index (χ0) is 19.5. The van der Waals surface area contributed by atoms with Gasteiger partial charge >= 0.3 is 0 Å². The highest BCUT2D eigenvalue weighted by molar-refractivity contribution is 5.89. The Balaban J connectivity index is 0.00000392. The fraction of sp³-hybridized carbons (Fsp3) is 0.333. The Labute approximate surface area is 172 Å². The van der Waals surface area contributed by atoms with Crippen molar-refractivity contribution < 1.29 is 9.59 Å². The minimum Gasteiger partial charge on any atom is -0.357 e. The molecule has 2 aromatic carbocycles. The topological polar surface area (TPSA) is 87.5 Å². The van der Waals surface area contributed by atoms with E-state index >= 15 is 0 Å². The zero-order valence-corrected chi connectivity index (χ0v) is 17.0. The third-order valence-corrected chi connectivity index (χ3v) is 4.32. The molecule has 2 aromatic rings. The van der Waals surface area contributed by atoms with Crippen LogP contribution >= 0.6 is 12.4 Å². The van der Waals surface area contributed by atoms with Crippen molar-refractivity contribution in [1.29, 1.82) is 0 Å². The zero-order valence-electron chi connectivity index (χ0n) is 16.1. The first kappa shape index (κ1) is 23.6. The van der Waals surface area contributed by atoms with E-state index in [4.69, 9.17) is 5.73 Å². The number of amides is 2. The summed E-state index contributed by atoms with van der Waals surface area (Å²) in [6, 6.07) is 18.6. The van der Waals surface area contributed by atoms with Crippen LogP contribution < -0.4 is 16.4 Å². The van der Waals surface area contributed by atoms with Crippen LogP contribution in [-0.4, -0.2) is 49.9 Å². The number of nitrogens with two attached hydrogens (primary N) is 1. The van der Waals surface area contributed by atoms with Gasteiger partial charge in [-0.05, 0) is 17.5 Å². The van der Waals surface area contributed by atoms with Crippen LogP contribution in [0, 0.1) is 0 Å². The van der Waals surface area contributed by atoms with Gasteiger partial charge in [-0.2, -0.15) is 0 Å². The standard InChI is InChI=1S/C21H28N4O2.ClH/c1-23-21(27)20(18-10-6-3-7-11-18)24-19(26)16-25(15-13-22)14-12-17-8-4-2-5-9-17;/h2-11,20H,12-16,22H2,1H3,(H,23,27)(H,24,26);1H. The summed E-state index contributed by atoms with van der Waals surface area (Å²) in [4.78, 5) is 26.8. The number of nitrogens with zero attached hydrogens (tertiary/aromatic N) is 1. The summed E-state index contributed by atoms with van der Waals surface area (Å²) in [5.41, 5.74) is 7.66. The molecule has 0 aliphatic heterocycles. The number of hydrogen-bond acceptors (Lipinski definition) is 4. The first-order valence-electron chi connectivity index (χ1n) is 9.16. The quantitative estimate of drug-likeness (QED) is 0.560. The molecule has 0 heterocycles. The van der Waals surface area contributed by atoms with Crippen LogP contribution in [0.25, 0.3) is 0 Å². The number of hydrogen-bond donors (Lipinski definition) is 3. The maximum atomic E-state index is 12.6. The minimum atomic E-state index is -0.711. The van der Waals surface area contributed by atoms with E-state index in [-0.39, 0.29) is 30.8 Å². The molecule has 0 spiro atoms. The summed E-state index contributed by atoms with van der Waals surface area (Å²) in [7, 11) is 1.56. The number of carbonyl (C=O) groups is 2. The number of benzene rings is 2. The van der Waals surface area contributed by atoms with E-state index in [1.54, 1.807) is 7.05 Å². The minimum absolute atomic E-state index is 0. The first-order valence-corrected chi connectivity index (χ1v) is 9.16. The Hall–Kier alpha value is -2.41. The molecule has 0 radical (unpaired) electrons. The third-order valence-electron chi connectivity index (χ3n) is 4.32. The Morgan fingerprint density at radius 3 is 2.18 bits per heavy atom. The third kappa shape index (κ3) is 7.68. The van der Waals surface area contributed by atoms with Crippen molar-refractivity contribution in [3.8, 4) is 0 Å². The largest absolute Gasteiger partial charge is 0.357 e. The van der Waals surface area contributed by atoms with E-state index in [2.05, 4.69) is 22.8 Å². The van der Waals surface area contributed by atoms with Crippen LogP contribution in [0.5, 0.6) is 0 Å². The van der Waals surface area contributed by atoms with Crippen molar-refractivity contribution in [1.82, 2.24) is 15.5 Å². The van der Waals surface area contributed by atoms with Crippen LogP contribution in [0.3, 0.4) is 0 Å². The van der Waals surface area contributed by atoms with Crippen LogP contribution in [0.4, 0.5) is 0 Å². The van der Waals surface area contributed by atoms with Gasteiger partial charge in [-0.3, -0.25) is 14.5 Å². The molecule has 0 fully saturated rings. The SMILES string of the molecule is CNC(=O)C(NC(=O)CN(CCN)CCc1ccccc1)c1ccccc1.Cl. The summed E-state index contributed by atoms with van der Waals surface area (Å²) < 4.78 is 0. The molecule has 7 heteroatoms. The molecule has 0 aliphatic carbocycles. The Kier molecular flexibility index (Phi) is 10.9. The second-order valence-electron chi connectivity index (χ2n) is 6.33. The monoisotopic (exact) mass is 404 g/mol. The summed E-state index contributed by atoms with van der Waals surface area (Å²) in [6.45, 7) is 2.02. The predicted molar refractivity (Wildman–Crippen MR) is 114 cm³/mol. The molecule has 0 aromatic heterocycles. The Morgan fingerprint density at radius 2 is 1.61 bits per heavy atom. The average molecular weight is 405 g/mol. The van der Waals surface area contributed by atoms with Gasteiger partial charge in [-0.15, -0.1) is 12.4 Å². The molecule has 0 saturated heterocycles. The number of halogens is 1. The van der Waals surface area contributed by atoms with Gasteiger partial charge in [0.2, 0.25) is 11.8 Å². The molecule has 28 heavy (non-hydrogen) atoms. The molecule has 1 atom stereocenters. The second kappa shape index (κ2) is 12.9. The molecule has 2 amide bonds. The van der Waals surface area contributed by atoms with Crippen molar-refractivity contribution in [2.45, 2.75) is 12.5 Å². The van der Waals surface area contributed by atoms with Crippen molar-refractivity contribution >= 4 is 24.2 Å². The lowest BCUT2D eigenvalue weighted by atomic mass is 10.1. The number of rotatable bonds is 10. The number of carbonyl (C=O) groups excluding carboxylic acids is 2. The molecule has 0 bridgehead atoms. The highest BCUT2D eigenvalue weighted by atomic mass is 35.5. The van der Waals surface area contributed by atoms with Crippen LogP contribution in [0.1, 0.15) is 17.2 Å². The van der Waals surface area contributed by atoms with Crippen LogP contribution in [0.15, 0.2) is 60.7 Å². The fourth-order valence-electron chi connectivity index (χ4n) is 2.88. The van der Waals surface area contributed by atoms with Gasteiger partial charge in [-0.25, -0.2) is 0 Å². The van der Waals surface area contributed by atoms with E-state index in [0.29, 0.717) is 13.1 Å². The molecule has 152 valence electrons. The molecule has 0 saturated carbocycles. The molecular weight excluding hydrogens is 376 g/mol. The first-order chi connectivity index (χ1) is 13.1. The van der Waals surface area contributed by atoms with Gasteiger partial charge in [0, 0.05) is 26.7 Å². The lowest BCUT2D eigenvalue weighted by Gasteiger charge is -2.23. The van der Waals surface area contributed by atoms with E-state index in [1.807, 2.05) is 53.4 Å². The average Bonchev–Trinajstić information content (AvgIpc) is 2.71. The molecular formula is C21H29ClN4O2. The second-order valence-corrected chi connectivity index (χ2v) is 6.33. The maximum absolute atomic E-state index is 12.6. The van der Waals surface area contributed by atoms with E-state index < -0.39 is 6.04 Å². The fourth-order valence-corrected chi connectivity index (χ4v) is 2.88. The van der Waals surface area contributed by atoms with E-state index in [1.165, 1.54) is 5.56 Å². The van der Waals surface area contributed by atoms with Gasteiger partial charge in [0.05, 0.1) is 6.54 Å². The highest BCUT2D eigenvalue weighted by Gasteiger charge is 2.22. The van der Waals surface area contributed by atoms with Gasteiger partial charge < -0.3 is 16.4 Å². The summed E-state index contributed by atoms with van der Waals surface area (Å²) in [6.07, 6.45) is 0.839. The van der Waals surface area contributed by atoms with Crippen molar-refractivity contribution in [3.05, 3.63) is 71.8 Å². The predicted octanol–water partition coefficient (Wildman–Crippen LogP) is 1.52. The van der Waals surface area contributed by atoms with E-state index in [0.717, 1.165) is 18.5 Å².